The summed E-state index contributed by atoms with van der Waals surface area (Å²) in [5, 5.41) is 0. The molecule has 0 amide bonds. The van der Waals surface area contributed by atoms with Crippen molar-refractivity contribution >= 4 is 11.0 Å². The van der Waals surface area contributed by atoms with Gasteiger partial charge >= 0.3 is 0 Å². The number of nitrogens with two attached hydrogens (primary N) is 1. The lowest BCUT2D eigenvalue weighted by molar-refractivity contribution is 0.584. The van der Waals surface area contributed by atoms with Crippen LogP contribution in [0.25, 0.3) is 11.0 Å². The van der Waals surface area contributed by atoms with Crippen molar-refractivity contribution in [3.8, 4) is 0 Å². The van der Waals surface area contributed by atoms with Gasteiger partial charge in [0.2, 0.25) is 0 Å². The number of fused-ring (bicyclic) bond motifs is 1. The molecule has 0 saturated heterocycles. The summed E-state index contributed by atoms with van der Waals surface area (Å²) < 4.78 is 15.5. The van der Waals surface area contributed by atoms with Crippen LogP contribution in [-0.4, -0.2) is 9.55 Å². The Morgan fingerprint density at radius 3 is 2.48 bits per heavy atom. The van der Waals surface area contributed by atoms with Gasteiger partial charge < -0.3 is 10.3 Å². The molecule has 0 bridgehead atoms. The van der Waals surface area contributed by atoms with Gasteiger partial charge in [0.25, 0.3) is 0 Å². The fourth-order valence-corrected chi connectivity index (χ4v) is 2.70. The van der Waals surface area contributed by atoms with Crippen LogP contribution in [0.15, 0.2) is 48.5 Å². The molecule has 3 rings (SSSR count). The van der Waals surface area contributed by atoms with Gasteiger partial charge in [-0.15, -0.1) is 0 Å². The minimum Gasteiger partial charge on any atom is -0.322 e. The highest BCUT2D eigenvalue weighted by atomic mass is 19.1. The normalized spacial score (nSPS) is 14.3. The van der Waals surface area contributed by atoms with Crippen molar-refractivity contribution < 1.29 is 4.39 Å². The van der Waals surface area contributed by atoms with Crippen LogP contribution in [0.2, 0.25) is 0 Å². The van der Waals surface area contributed by atoms with Crippen LogP contribution in [0.1, 0.15) is 37.3 Å². The number of halogens is 1. The maximum atomic E-state index is 13.4. The van der Waals surface area contributed by atoms with Gasteiger partial charge in [0.1, 0.15) is 11.6 Å². The van der Waals surface area contributed by atoms with Gasteiger partial charge in [-0.1, -0.05) is 30.3 Å². The molecule has 2 unspecified atom stereocenters. The van der Waals surface area contributed by atoms with Crippen LogP contribution >= 0.6 is 0 Å². The van der Waals surface area contributed by atoms with Crippen molar-refractivity contribution in [2.24, 2.45) is 5.73 Å². The van der Waals surface area contributed by atoms with E-state index in [2.05, 4.69) is 28.6 Å². The van der Waals surface area contributed by atoms with Crippen LogP contribution in [0.4, 0.5) is 4.39 Å². The second-order valence-corrected chi connectivity index (χ2v) is 5.35. The Balaban J connectivity index is 2.22. The van der Waals surface area contributed by atoms with E-state index in [-0.39, 0.29) is 17.9 Å². The van der Waals surface area contributed by atoms with Gasteiger partial charge in [0.15, 0.2) is 0 Å². The quantitative estimate of drug-likeness (QED) is 0.794. The summed E-state index contributed by atoms with van der Waals surface area (Å²) in [7, 11) is 0. The Hall–Kier alpha value is -2.20. The Morgan fingerprint density at radius 2 is 1.81 bits per heavy atom. The first-order chi connectivity index (χ1) is 10.1. The van der Waals surface area contributed by atoms with Crippen LogP contribution in [0, 0.1) is 5.82 Å². The van der Waals surface area contributed by atoms with E-state index in [1.165, 1.54) is 17.7 Å². The maximum Gasteiger partial charge on any atom is 0.127 e. The largest absolute Gasteiger partial charge is 0.322 e. The number of hydrogen-bond donors (Lipinski definition) is 1. The molecule has 2 atom stereocenters. The van der Waals surface area contributed by atoms with Gasteiger partial charge in [0.05, 0.1) is 23.1 Å². The summed E-state index contributed by atoms with van der Waals surface area (Å²) in [6.07, 6.45) is 0. The van der Waals surface area contributed by atoms with Crippen molar-refractivity contribution in [2.45, 2.75) is 25.9 Å². The third kappa shape index (κ3) is 2.43. The SMILES string of the molecule is CC(N)c1nc2cc(F)ccc2n1C(C)c1ccccc1. The number of aromatic nitrogens is 2. The van der Waals surface area contributed by atoms with E-state index in [0.717, 1.165) is 11.3 Å². The van der Waals surface area contributed by atoms with Crippen molar-refractivity contribution in [1.29, 1.82) is 0 Å². The maximum absolute atomic E-state index is 13.4. The predicted molar refractivity (Wildman–Crippen MR) is 82.5 cm³/mol. The molecule has 0 fully saturated rings. The summed E-state index contributed by atoms with van der Waals surface area (Å²) in [5.41, 5.74) is 8.77. The summed E-state index contributed by atoms with van der Waals surface area (Å²) in [5.74, 6) is 0.489. The van der Waals surface area contributed by atoms with Crippen LogP contribution in [0.5, 0.6) is 0 Å². The molecule has 0 saturated carbocycles. The number of imidazole rings is 1. The molecule has 1 aromatic heterocycles. The molecule has 4 heteroatoms. The van der Waals surface area contributed by atoms with Crippen molar-refractivity contribution in [3.05, 3.63) is 65.7 Å². The molecule has 2 aromatic carbocycles. The standard InChI is InChI=1S/C17H18FN3/c1-11(19)17-20-15-10-14(18)8-9-16(15)21(17)12(2)13-6-4-3-5-7-13/h3-12H,19H2,1-2H3. The number of hydrogen-bond acceptors (Lipinski definition) is 2. The first kappa shape index (κ1) is 13.8. The zero-order valence-corrected chi connectivity index (χ0v) is 12.1. The third-order valence-electron chi connectivity index (χ3n) is 3.76. The van der Waals surface area contributed by atoms with E-state index < -0.39 is 0 Å². The average Bonchev–Trinajstić information content (AvgIpc) is 2.86. The zero-order valence-electron chi connectivity index (χ0n) is 12.1. The minimum absolute atomic E-state index is 0.0858. The Labute approximate surface area is 123 Å². The highest BCUT2D eigenvalue weighted by molar-refractivity contribution is 5.76. The molecular formula is C17H18FN3. The molecule has 0 radical (unpaired) electrons. The number of rotatable bonds is 3. The lowest BCUT2D eigenvalue weighted by Crippen LogP contribution is -2.17. The fraction of sp³-hybridized carbons (Fsp3) is 0.235. The fourth-order valence-electron chi connectivity index (χ4n) is 2.70. The highest BCUT2D eigenvalue weighted by Crippen LogP contribution is 2.28. The second-order valence-electron chi connectivity index (χ2n) is 5.35. The van der Waals surface area contributed by atoms with E-state index in [4.69, 9.17) is 5.73 Å². The topological polar surface area (TPSA) is 43.8 Å². The molecule has 0 aliphatic heterocycles. The predicted octanol–water partition coefficient (Wildman–Crippen LogP) is 3.80. The monoisotopic (exact) mass is 283 g/mol. The molecule has 108 valence electrons. The lowest BCUT2D eigenvalue weighted by Gasteiger charge is -2.19. The molecule has 0 aliphatic rings. The smallest absolute Gasteiger partial charge is 0.127 e. The zero-order chi connectivity index (χ0) is 15.0. The summed E-state index contributed by atoms with van der Waals surface area (Å²) in [6, 6.07) is 14.7. The van der Waals surface area contributed by atoms with E-state index >= 15 is 0 Å². The van der Waals surface area contributed by atoms with E-state index in [9.17, 15) is 4.39 Å². The van der Waals surface area contributed by atoms with E-state index in [1.807, 2.05) is 25.1 Å². The molecule has 3 nitrogen and oxygen atoms in total. The number of benzene rings is 2. The van der Waals surface area contributed by atoms with Gasteiger partial charge in [-0.25, -0.2) is 9.37 Å². The Kier molecular flexibility index (Phi) is 3.47. The van der Waals surface area contributed by atoms with Gasteiger partial charge in [0, 0.05) is 6.07 Å². The first-order valence-electron chi connectivity index (χ1n) is 7.06. The van der Waals surface area contributed by atoms with Crippen molar-refractivity contribution in [1.82, 2.24) is 9.55 Å². The summed E-state index contributed by atoms with van der Waals surface area (Å²) in [6.45, 7) is 4.00. The highest BCUT2D eigenvalue weighted by Gasteiger charge is 2.19. The third-order valence-corrected chi connectivity index (χ3v) is 3.76. The van der Waals surface area contributed by atoms with Crippen molar-refractivity contribution in [2.75, 3.05) is 0 Å². The first-order valence-corrected chi connectivity index (χ1v) is 7.06. The summed E-state index contributed by atoms with van der Waals surface area (Å²) >= 11 is 0. The van der Waals surface area contributed by atoms with Crippen molar-refractivity contribution in [3.63, 3.8) is 0 Å². The number of nitrogens with zero attached hydrogens (tertiary/aromatic N) is 2. The lowest BCUT2D eigenvalue weighted by atomic mass is 10.1. The Bertz CT molecular complexity index is 762. The molecule has 0 aliphatic carbocycles. The molecule has 21 heavy (non-hydrogen) atoms. The van der Waals surface area contributed by atoms with E-state index in [0.29, 0.717) is 5.52 Å². The minimum atomic E-state index is -0.282. The molecule has 2 N–H and O–H groups in total. The van der Waals surface area contributed by atoms with Gasteiger partial charge in [-0.2, -0.15) is 0 Å². The average molecular weight is 283 g/mol. The van der Waals surface area contributed by atoms with Gasteiger partial charge in [-0.3, -0.25) is 0 Å². The van der Waals surface area contributed by atoms with Crippen LogP contribution in [0.3, 0.4) is 0 Å². The molecule has 1 heterocycles. The molecule has 3 aromatic rings. The molecule has 0 spiro atoms. The van der Waals surface area contributed by atoms with E-state index in [1.54, 1.807) is 6.07 Å². The van der Waals surface area contributed by atoms with Crippen LogP contribution < -0.4 is 5.73 Å². The molecular weight excluding hydrogens is 265 g/mol. The Morgan fingerprint density at radius 1 is 1.10 bits per heavy atom. The van der Waals surface area contributed by atoms with Gasteiger partial charge in [-0.05, 0) is 31.5 Å². The summed E-state index contributed by atoms with van der Waals surface area (Å²) in [4.78, 5) is 4.52. The van der Waals surface area contributed by atoms with Crippen LogP contribution in [-0.2, 0) is 0 Å². The second kappa shape index (κ2) is 5.30.